The summed E-state index contributed by atoms with van der Waals surface area (Å²) >= 11 is 0. The zero-order chi connectivity index (χ0) is 11.4. The van der Waals surface area contributed by atoms with E-state index in [-0.39, 0.29) is 0 Å². The van der Waals surface area contributed by atoms with E-state index in [1.165, 1.54) is 19.3 Å². The maximum atomic E-state index is 10.7. The summed E-state index contributed by atoms with van der Waals surface area (Å²) in [5.41, 5.74) is 0.678. The Morgan fingerprint density at radius 1 is 1.19 bits per heavy atom. The molecular formula is C11H9N3O2. The summed E-state index contributed by atoms with van der Waals surface area (Å²) in [6.07, 6.45) is 4.55. The van der Waals surface area contributed by atoms with Gasteiger partial charge in [-0.25, -0.2) is 9.97 Å². The summed E-state index contributed by atoms with van der Waals surface area (Å²) in [6.45, 7) is 1.33. The van der Waals surface area contributed by atoms with E-state index in [9.17, 15) is 4.79 Å². The fourth-order valence-electron chi connectivity index (χ4n) is 1.16. The van der Waals surface area contributed by atoms with E-state index in [4.69, 9.17) is 4.74 Å². The quantitative estimate of drug-likeness (QED) is 0.709. The van der Waals surface area contributed by atoms with Crippen LogP contribution in [0.1, 0.15) is 6.92 Å². The van der Waals surface area contributed by atoms with Crippen molar-refractivity contribution in [1.82, 2.24) is 15.0 Å². The molecule has 0 aliphatic heterocycles. The lowest BCUT2D eigenvalue weighted by atomic mass is 10.3. The fourth-order valence-corrected chi connectivity index (χ4v) is 1.16. The smallest absolute Gasteiger partial charge is 0.308 e. The van der Waals surface area contributed by atoms with Gasteiger partial charge in [0.25, 0.3) is 0 Å². The van der Waals surface area contributed by atoms with Crippen LogP contribution in [0.4, 0.5) is 0 Å². The van der Waals surface area contributed by atoms with Crippen LogP contribution in [-0.2, 0) is 4.79 Å². The van der Waals surface area contributed by atoms with Gasteiger partial charge in [0.1, 0.15) is 5.69 Å². The highest BCUT2D eigenvalue weighted by Gasteiger charge is 2.03. The minimum atomic E-state index is -0.394. The van der Waals surface area contributed by atoms with Crippen LogP contribution in [0.5, 0.6) is 5.75 Å². The van der Waals surface area contributed by atoms with Crippen LogP contribution in [0.3, 0.4) is 0 Å². The van der Waals surface area contributed by atoms with Crippen LogP contribution in [0.15, 0.2) is 36.8 Å². The van der Waals surface area contributed by atoms with Crippen LogP contribution in [-0.4, -0.2) is 20.9 Å². The Hall–Kier alpha value is -2.30. The number of carbonyl (C=O) groups is 1. The van der Waals surface area contributed by atoms with E-state index in [2.05, 4.69) is 15.0 Å². The maximum absolute atomic E-state index is 10.7. The normalized spacial score (nSPS) is 9.81. The summed E-state index contributed by atoms with van der Waals surface area (Å²) in [5, 5.41) is 0. The minimum absolute atomic E-state index is 0.326. The first-order valence-electron chi connectivity index (χ1n) is 4.67. The van der Waals surface area contributed by atoms with E-state index >= 15 is 0 Å². The second-order valence-corrected chi connectivity index (χ2v) is 3.05. The SMILES string of the molecule is CC(=O)Oc1cnc(-c2ccccn2)nc1. The Kier molecular flexibility index (Phi) is 2.86. The van der Waals surface area contributed by atoms with E-state index in [0.29, 0.717) is 17.3 Å². The van der Waals surface area contributed by atoms with Crippen molar-refractivity contribution in [3.05, 3.63) is 36.8 Å². The molecule has 0 saturated heterocycles. The van der Waals surface area contributed by atoms with Crippen molar-refractivity contribution in [2.24, 2.45) is 0 Å². The zero-order valence-corrected chi connectivity index (χ0v) is 8.62. The Morgan fingerprint density at radius 2 is 1.94 bits per heavy atom. The van der Waals surface area contributed by atoms with Crippen LogP contribution >= 0.6 is 0 Å². The topological polar surface area (TPSA) is 65.0 Å². The second kappa shape index (κ2) is 4.48. The number of pyridine rings is 1. The summed E-state index contributed by atoms with van der Waals surface area (Å²) in [5.74, 6) is 0.429. The van der Waals surface area contributed by atoms with Gasteiger partial charge in [0.2, 0.25) is 0 Å². The molecule has 2 rings (SSSR count). The third-order valence-corrected chi connectivity index (χ3v) is 1.78. The number of esters is 1. The number of rotatable bonds is 2. The third-order valence-electron chi connectivity index (χ3n) is 1.78. The first-order valence-corrected chi connectivity index (χ1v) is 4.67. The molecule has 0 atom stereocenters. The number of hydrogen-bond acceptors (Lipinski definition) is 5. The average molecular weight is 215 g/mol. The number of carbonyl (C=O) groups excluding carboxylic acids is 1. The second-order valence-electron chi connectivity index (χ2n) is 3.05. The van der Waals surface area contributed by atoms with Crippen LogP contribution < -0.4 is 4.74 Å². The van der Waals surface area contributed by atoms with Crippen molar-refractivity contribution in [3.8, 4) is 17.3 Å². The van der Waals surface area contributed by atoms with Crippen LogP contribution in [0, 0.1) is 0 Å². The molecule has 0 aliphatic rings. The largest absolute Gasteiger partial charge is 0.423 e. The highest BCUT2D eigenvalue weighted by molar-refractivity contribution is 5.69. The first kappa shape index (κ1) is 10.2. The molecule has 0 N–H and O–H groups in total. The lowest BCUT2D eigenvalue weighted by molar-refractivity contribution is -0.131. The summed E-state index contributed by atoms with van der Waals surface area (Å²) < 4.78 is 4.82. The van der Waals surface area contributed by atoms with E-state index in [0.717, 1.165) is 0 Å². The van der Waals surface area contributed by atoms with Crippen molar-refractivity contribution in [3.63, 3.8) is 0 Å². The Balaban J connectivity index is 2.23. The average Bonchev–Trinajstić information content (AvgIpc) is 2.30. The van der Waals surface area contributed by atoms with Gasteiger partial charge >= 0.3 is 5.97 Å². The van der Waals surface area contributed by atoms with Crippen molar-refractivity contribution in [2.75, 3.05) is 0 Å². The zero-order valence-electron chi connectivity index (χ0n) is 8.62. The van der Waals surface area contributed by atoms with Crippen molar-refractivity contribution in [1.29, 1.82) is 0 Å². The van der Waals surface area contributed by atoms with Crippen molar-refractivity contribution < 1.29 is 9.53 Å². The molecule has 80 valence electrons. The lowest BCUT2D eigenvalue weighted by Gasteiger charge is -2.01. The predicted molar refractivity (Wildman–Crippen MR) is 56.6 cm³/mol. The molecule has 2 aromatic rings. The van der Waals surface area contributed by atoms with Crippen molar-refractivity contribution in [2.45, 2.75) is 6.92 Å². The standard InChI is InChI=1S/C11H9N3O2/c1-8(15)16-9-6-13-11(14-7-9)10-4-2-3-5-12-10/h2-7H,1H3. The summed E-state index contributed by atoms with van der Waals surface area (Å²) in [6, 6.07) is 5.48. The maximum Gasteiger partial charge on any atom is 0.308 e. The van der Waals surface area contributed by atoms with E-state index in [1.54, 1.807) is 12.3 Å². The molecule has 0 spiro atoms. The van der Waals surface area contributed by atoms with E-state index in [1.807, 2.05) is 12.1 Å². The van der Waals surface area contributed by atoms with Crippen LogP contribution in [0.2, 0.25) is 0 Å². The lowest BCUT2D eigenvalue weighted by Crippen LogP contribution is -2.02. The highest BCUT2D eigenvalue weighted by Crippen LogP contribution is 2.13. The van der Waals surface area contributed by atoms with E-state index < -0.39 is 5.97 Å². The molecule has 0 aromatic carbocycles. The molecule has 0 aliphatic carbocycles. The Morgan fingerprint density at radius 3 is 2.50 bits per heavy atom. The molecule has 0 radical (unpaired) electrons. The summed E-state index contributed by atoms with van der Waals surface area (Å²) in [4.78, 5) is 22.9. The molecule has 5 heteroatoms. The van der Waals surface area contributed by atoms with Crippen LogP contribution in [0.25, 0.3) is 11.5 Å². The molecule has 16 heavy (non-hydrogen) atoms. The number of aromatic nitrogens is 3. The van der Waals surface area contributed by atoms with Gasteiger partial charge in [0, 0.05) is 13.1 Å². The molecular weight excluding hydrogens is 206 g/mol. The van der Waals surface area contributed by atoms with Gasteiger partial charge in [0.15, 0.2) is 11.6 Å². The number of nitrogens with zero attached hydrogens (tertiary/aromatic N) is 3. The minimum Gasteiger partial charge on any atom is -0.423 e. The Labute approximate surface area is 92.2 Å². The molecule has 5 nitrogen and oxygen atoms in total. The van der Waals surface area contributed by atoms with Gasteiger partial charge in [-0.05, 0) is 12.1 Å². The van der Waals surface area contributed by atoms with Gasteiger partial charge in [-0.2, -0.15) is 0 Å². The van der Waals surface area contributed by atoms with Gasteiger partial charge in [-0.1, -0.05) is 6.07 Å². The molecule has 0 amide bonds. The highest BCUT2D eigenvalue weighted by atomic mass is 16.5. The summed E-state index contributed by atoms with van der Waals surface area (Å²) in [7, 11) is 0. The Bertz CT molecular complexity index is 482. The fraction of sp³-hybridized carbons (Fsp3) is 0.0909. The number of hydrogen-bond donors (Lipinski definition) is 0. The first-order chi connectivity index (χ1) is 7.75. The predicted octanol–water partition coefficient (Wildman–Crippen LogP) is 1.46. The number of ether oxygens (including phenoxy) is 1. The van der Waals surface area contributed by atoms with Gasteiger partial charge in [-0.3, -0.25) is 9.78 Å². The molecule has 0 bridgehead atoms. The molecule has 0 fully saturated rings. The molecule has 0 unspecified atom stereocenters. The third kappa shape index (κ3) is 2.38. The van der Waals surface area contributed by atoms with Gasteiger partial charge in [-0.15, -0.1) is 0 Å². The molecule has 2 heterocycles. The molecule has 0 saturated carbocycles. The van der Waals surface area contributed by atoms with Crippen molar-refractivity contribution >= 4 is 5.97 Å². The molecule has 2 aromatic heterocycles. The van der Waals surface area contributed by atoms with Gasteiger partial charge in [0.05, 0.1) is 12.4 Å². The van der Waals surface area contributed by atoms with Gasteiger partial charge < -0.3 is 4.74 Å². The monoisotopic (exact) mass is 215 g/mol.